The smallest absolute Gasteiger partial charge is 0.487 e. The molecule has 0 fully saturated rings. The van der Waals surface area contributed by atoms with Crippen LogP contribution in [-0.2, 0) is 11.2 Å². The van der Waals surface area contributed by atoms with Crippen LogP contribution in [0.2, 0.25) is 0 Å². The zero-order valence-electron chi connectivity index (χ0n) is 14.9. The van der Waals surface area contributed by atoms with Gasteiger partial charge < -0.3 is 20.5 Å². The van der Waals surface area contributed by atoms with E-state index in [9.17, 15) is 22.4 Å². The zero-order valence-corrected chi connectivity index (χ0v) is 14.9. The minimum atomic E-state index is -5.08. The molecular weight excluding hydrogens is 372 g/mol. The van der Waals surface area contributed by atoms with Crippen molar-refractivity contribution >= 4 is 11.9 Å². The Morgan fingerprint density at radius 2 is 2.00 bits per heavy atom. The van der Waals surface area contributed by atoms with Gasteiger partial charge >= 0.3 is 12.1 Å². The number of hydrogen-bond donors (Lipinski definition) is 3. The quantitative estimate of drug-likeness (QED) is 0.686. The second-order valence-electron chi connectivity index (χ2n) is 6.31. The van der Waals surface area contributed by atoms with Gasteiger partial charge in [-0.15, -0.1) is 0 Å². The van der Waals surface area contributed by atoms with E-state index in [0.29, 0.717) is 23.3 Å². The first kappa shape index (κ1) is 22.3. The number of hydrogen-bond acceptors (Lipinski definition) is 4. The molecule has 0 unspecified atom stereocenters. The van der Waals surface area contributed by atoms with Crippen molar-refractivity contribution in [2.75, 3.05) is 13.7 Å². The number of carboxylic acid groups (broad SMARTS) is 1. The second-order valence-corrected chi connectivity index (χ2v) is 6.31. The number of carbonyl (C=O) groups excluding carboxylic acids is 1. The van der Waals surface area contributed by atoms with Crippen LogP contribution in [-0.4, -0.2) is 42.4 Å². The molecule has 2 rings (SSSR count). The highest BCUT2D eigenvalue weighted by Crippen LogP contribution is 2.26. The van der Waals surface area contributed by atoms with E-state index in [1.807, 2.05) is 19.9 Å². The van der Waals surface area contributed by atoms with Gasteiger partial charge in [0.15, 0.2) is 0 Å². The van der Waals surface area contributed by atoms with Crippen LogP contribution in [0, 0.1) is 0 Å². The zero-order chi connectivity index (χ0) is 20.8. The first-order chi connectivity index (χ1) is 12.4. The topological polar surface area (TPSA) is 87.7 Å². The molecular formula is C17H20F4N2O4. The van der Waals surface area contributed by atoms with Crippen LogP contribution in [0.5, 0.6) is 5.75 Å². The average molecular weight is 392 g/mol. The van der Waals surface area contributed by atoms with Gasteiger partial charge in [0.05, 0.1) is 5.70 Å². The maximum atomic E-state index is 12.4. The molecule has 0 aromatic heterocycles. The molecule has 6 nitrogen and oxygen atoms in total. The van der Waals surface area contributed by atoms with E-state index in [1.54, 1.807) is 19.2 Å². The number of aliphatic carboxylic acids is 1. The van der Waals surface area contributed by atoms with Crippen molar-refractivity contribution in [1.29, 1.82) is 0 Å². The van der Waals surface area contributed by atoms with Crippen LogP contribution < -0.4 is 15.4 Å². The van der Waals surface area contributed by atoms with Gasteiger partial charge in [-0.25, -0.2) is 9.18 Å². The Bertz CT molecular complexity index is 730. The summed E-state index contributed by atoms with van der Waals surface area (Å²) in [4.78, 5) is 20.8. The third kappa shape index (κ3) is 6.80. The number of amides is 1. The van der Waals surface area contributed by atoms with Crippen LogP contribution >= 0.6 is 0 Å². The second kappa shape index (κ2) is 8.74. The predicted octanol–water partition coefficient (Wildman–Crippen LogP) is 2.79. The molecule has 0 bridgehead atoms. The molecule has 0 atom stereocenters. The molecule has 0 radical (unpaired) electrons. The standard InChI is InChI=1S/C15H19FN2O2.C2HF3O2/c1-15(2)7-10-6-12(20-9-11(8-16)17-3)4-5-13(10)14(19)18-15;3-2(4,5)1(6)7/h4-6,8,17H,7,9H2,1-3H3,(H,18,19);(H,6,7)/b11-8-;. The van der Waals surface area contributed by atoms with E-state index in [4.69, 9.17) is 14.6 Å². The number of halogens is 4. The van der Waals surface area contributed by atoms with Crippen molar-refractivity contribution in [2.45, 2.75) is 32.0 Å². The third-order valence-electron chi connectivity index (χ3n) is 3.50. The summed E-state index contributed by atoms with van der Waals surface area (Å²) in [5, 5.41) is 12.8. The first-order valence-electron chi connectivity index (χ1n) is 7.75. The van der Waals surface area contributed by atoms with Crippen LogP contribution in [0.25, 0.3) is 0 Å². The summed E-state index contributed by atoms with van der Waals surface area (Å²) in [5.41, 5.74) is 1.72. The lowest BCUT2D eigenvalue weighted by Crippen LogP contribution is -2.49. The molecule has 1 aliphatic rings. The highest BCUT2D eigenvalue weighted by molar-refractivity contribution is 5.97. The molecule has 1 amide bonds. The molecule has 10 heteroatoms. The summed E-state index contributed by atoms with van der Waals surface area (Å²) in [6, 6.07) is 5.32. The number of rotatable bonds is 4. The predicted molar refractivity (Wildman–Crippen MR) is 89.1 cm³/mol. The van der Waals surface area contributed by atoms with E-state index >= 15 is 0 Å². The summed E-state index contributed by atoms with van der Waals surface area (Å²) in [7, 11) is 1.63. The van der Waals surface area contributed by atoms with Gasteiger partial charge in [-0.05, 0) is 44.0 Å². The van der Waals surface area contributed by atoms with E-state index < -0.39 is 12.1 Å². The van der Waals surface area contributed by atoms with Gasteiger partial charge in [-0.2, -0.15) is 13.2 Å². The fourth-order valence-electron chi connectivity index (χ4n) is 2.24. The van der Waals surface area contributed by atoms with Gasteiger partial charge in [0.1, 0.15) is 18.7 Å². The molecule has 0 aliphatic carbocycles. The molecule has 0 saturated carbocycles. The van der Waals surface area contributed by atoms with Crippen LogP contribution in [0.3, 0.4) is 0 Å². The monoisotopic (exact) mass is 392 g/mol. The Morgan fingerprint density at radius 1 is 1.41 bits per heavy atom. The summed E-state index contributed by atoms with van der Waals surface area (Å²) in [6.45, 7) is 4.08. The number of likely N-dealkylation sites (N-methyl/N-ethyl adjacent to an activating group) is 1. The fraction of sp³-hybridized carbons (Fsp3) is 0.412. The number of benzene rings is 1. The number of alkyl halides is 3. The number of carbonyl (C=O) groups is 2. The summed E-state index contributed by atoms with van der Waals surface area (Å²) in [6.07, 6.45) is -3.86. The number of fused-ring (bicyclic) bond motifs is 1. The summed E-state index contributed by atoms with van der Waals surface area (Å²) >= 11 is 0. The van der Waals surface area contributed by atoms with Crippen molar-refractivity contribution in [3.63, 3.8) is 0 Å². The highest BCUT2D eigenvalue weighted by atomic mass is 19.4. The Hall–Kier alpha value is -2.78. The van der Waals surface area contributed by atoms with Gasteiger partial charge in [-0.1, -0.05) is 0 Å². The molecule has 1 aliphatic heterocycles. The van der Waals surface area contributed by atoms with Crippen molar-refractivity contribution in [3.8, 4) is 5.75 Å². The molecule has 150 valence electrons. The van der Waals surface area contributed by atoms with E-state index in [0.717, 1.165) is 12.0 Å². The third-order valence-corrected chi connectivity index (χ3v) is 3.50. The van der Waals surface area contributed by atoms with Gasteiger partial charge in [0.25, 0.3) is 5.91 Å². The van der Waals surface area contributed by atoms with Crippen molar-refractivity contribution in [2.24, 2.45) is 0 Å². The molecule has 1 aromatic rings. The van der Waals surface area contributed by atoms with E-state index in [-0.39, 0.29) is 18.1 Å². The lowest BCUT2D eigenvalue weighted by molar-refractivity contribution is -0.192. The normalized spacial score (nSPS) is 15.7. The molecule has 0 spiro atoms. The first-order valence-corrected chi connectivity index (χ1v) is 7.75. The fourth-order valence-corrected chi connectivity index (χ4v) is 2.24. The summed E-state index contributed by atoms with van der Waals surface area (Å²) < 4.78 is 49.7. The Kier molecular flexibility index (Phi) is 7.21. The minimum absolute atomic E-state index is 0.0673. The molecule has 1 aromatic carbocycles. The SMILES string of the molecule is CN/C(=C\F)COc1ccc2c(c1)CC(C)(C)NC2=O.O=C(O)C(F)(F)F. The van der Waals surface area contributed by atoms with Crippen molar-refractivity contribution < 1.29 is 37.0 Å². The lowest BCUT2D eigenvalue weighted by atomic mass is 9.87. The maximum absolute atomic E-state index is 12.4. The molecule has 27 heavy (non-hydrogen) atoms. The van der Waals surface area contributed by atoms with Crippen molar-refractivity contribution in [3.05, 3.63) is 41.4 Å². The van der Waals surface area contributed by atoms with Crippen LogP contribution in [0.15, 0.2) is 30.2 Å². The average Bonchev–Trinajstić information content (AvgIpc) is 2.54. The van der Waals surface area contributed by atoms with Crippen LogP contribution in [0.1, 0.15) is 29.8 Å². The minimum Gasteiger partial charge on any atom is -0.487 e. The van der Waals surface area contributed by atoms with E-state index in [1.165, 1.54) is 0 Å². The summed E-state index contributed by atoms with van der Waals surface area (Å²) in [5.74, 6) is -2.20. The highest BCUT2D eigenvalue weighted by Gasteiger charge is 2.38. The van der Waals surface area contributed by atoms with Gasteiger partial charge in [-0.3, -0.25) is 4.79 Å². The lowest BCUT2D eigenvalue weighted by Gasteiger charge is -2.32. The van der Waals surface area contributed by atoms with Crippen molar-refractivity contribution in [1.82, 2.24) is 10.6 Å². The number of carboxylic acids is 1. The Morgan fingerprint density at radius 3 is 2.48 bits per heavy atom. The Labute approximate surface area is 153 Å². The Balaban J connectivity index is 0.000000445. The maximum Gasteiger partial charge on any atom is 0.490 e. The van der Waals surface area contributed by atoms with Gasteiger partial charge in [0, 0.05) is 18.2 Å². The van der Waals surface area contributed by atoms with E-state index in [2.05, 4.69) is 10.6 Å². The van der Waals surface area contributed by atoms with Crippen LogP contribution in [0.4, 0.5) is 17.6 Å². The van der Waals surface area contributed by atoms with Gasteiger partial charge in [0.2, 0.25) is 0 Å². The molecule has 3 N–H and O–H groups in total. The number of ether oxygens (including phenoxy) is 1. The molecule has 1 heterocycles. The largest absolute Gasteiger partial charge is 0.490 e. The molecule has 0 saturated heterocycles. The number of nitrogens with one attached hydrogen (secondary N) is 2.